The molecule has 0 unspecified atom stereocenters. The second-order valence-corrected chi connectivity index (χ2v) is 8.25. The molecular formula is C20H19N5O3S2. The number of aromatic nitrogens is 2. The number of aryl methyl sites for hydroxylation is 1. The summed E-state index contributed by atoms with van der Waals surface area (Å²) < 4.78 is 27.1. The lowest BCUT2D eigenvalue weighted by Crippen LogP contribution is -2.34. The summed E-state index contributed by atoms with van der Waals surface area (Å²) >= 11 is 5.16. The lowest BCUT2D eigenvalue weighted by molar-refractivity contribution is 0.0977. The van der Waals surface area contributed by atoms with E-state index in [0.717, 1.165) is 12.0 Å². The molecule has 154 valence electrons. The van der Waals surface area contributed by atoms with Gasteiger partial charge in [0.25, 0.3) is 15.9 Å². The van der Waals surface area contributed by atoms with Crippen molar-refractivity contribution in [2.45, 2.75) is 18.2 Å². The number of rotatable bonds is 6. The van der Waals surface area contributed by atoms with Crippen LogP contribution < -0.4 is 15.4 Å². The van der Waals surface area contributed by atoms with E-state index in [1.54, 1.807) is 18.2 Å². The molecule has 2 aromatic carbocycles. The van der Waals surface area contributed by atoms with Crippen LogP contribution in [-0.2, 0) is 16.4 Å². The van der Waals surface area contributed by atoms with Crippen molar-refractivity contribution in [2.24, 2.45) is 0 Å². The van der Waals surface area contributed by atoms with Crippen LogP contribution in [0, 0.1) is 0 Å². The zero-order valence-electron chi connectivity index (χ0n) is 16.0. The monoisotopic (exact) mass is 441 g/mol. The van der Waals surface area contributed by atoms with Crippen molar-refractivity contribution < 1.29 is 13.2 Å². The molecular weight excluding hydrogens is 422 g/mol. The molecule has 8 nitrogen and oxygen atoms in total. The van der Waals surface area contributed by atoms with E-state index in [-0.39, 0.29) is 21.9 Å². The molecule has 0 fully saturated rings. The molecule has 10 heteroatoms. The van der Waals surface area contributed by atoms with Crippen molar-refractivity contribution in [3.63, 3.8) is 0 Å². The Bertz CT molecular complexity index is 1130. The maximum absolute atomic E-state index is 12.4. The average molecular weight is 442 g/mol. The van der Waals surface area contributed by atoms with Crippen molar-refractivity contribution in [2.75, 3.05) is 10.0 Å². The molecule has 3 N–H and O–H groups in total. The van der Waals surface area contributed by atoms with Gasteiger partial charge in [0.2, 0.25) is 5.95 Å². The van der Waals surface area contributed by atoms with E-state index in [4.69, 9.17) is 12.2 Å². The molecule has 0 bridgehead atoms. The van der Waals surface area contributed by atoms with E-state index >= 15 is 0 Å². The molecule has 30 heavy (non-hydrogen) atoms. The van der Waals surface area contributed by atoms with Gasteiger partial charge in [0.15, 0.2) is 5.11 Å². The van der Waals surface area contributed by atoms with Crippen LogP contribution in [0.5, 0.6) is 0 Å². The number of benzene rings is 2. The first-order chi connectivity index (χ1) is 14.4. The minimum atomic E-state index is -3.82. The Labute approximate surface area is 179 Å². The van der Waals surface area contributed by atoms with Gasteiger partial charge >= 0.3 is 0 Å². The van der Waals surface area contributed by atoms with Crippen LogP contribution in [0.4, 0.5) is 11.6 Å². The van der Waals surface area contributed by atoms with Gasteiger partial charge in [-0.1, -0.05) is 19.1 Å². The Kier molecular flexibility index (Phi) is 6.70. The van der Waals surface area contributed by atoms with Gasteiger partial charge in [-0.3, -0.25) is 10.1 Å². The smallest absolute Gasteiger partial charge is 0.264 e. The zero-order valence-corrected chi connectivity index (χ0v) is 17.6. The molecule has 0 spiro atoms. The first-order valence-electron chi connectivity index (χ1n) is 8.98. The highest BCUT2D eigenvalue weighted by atomic mass is 32.2. The van der Waals surface area contributed by atoms with E-state index in [1.165, 1.54) is 36.7 Å². The number of hydrogen-bond donors (Lipinski definition) is 3. The van der Waals surface area contributed by atoms with E-state index in [0.29, 0.717) is 11.3 Å². The molecule has 0 saturated carbocycles. The number of nitrogens with one attached hydrogen (secondary N) is 3. The number of sulfonamides is 1. The fraction of sp³-hybridized carbons (Fsp3) is 0.100. The van der Waals surface area contributed by atoms with E-state index in [9.17, 15) is 13.2 Å². The summed E-state index contributed by atoms with van der Waals surface area (Å²) in [5, 5.41) is 5.55. The predicted octanol–water partition coefficient (Wildman–Crippen LogP) is 2.97. The minimum absolute atomic E-state index is 0.0180. The standard InChI is InChI=1S/C20H19N5O3S2/c1-2-14-4-6-15(7-5-14)18(26)24-20(29)23-16-8-10-17(11-9-16)30(27,28)25-19-21-12-3-13-22-19/h3-13H,2H2,1H3,(H,21,22,25)(H2,23,24,26,29). The van der Waals surface area contributed by atoms with Crippen molar-refractivity contribution in [1.29, 1.82) is 0 Å². The lowest BCUT2D eigenvalue weighted by Gasteiger charge is -2.11. The maximum atomic E-state index is 12.4. The second kappa shape index (κ2) is 9.42. The molecule has 1 heterocycles. The van der Waals surface area contributed by atoms with Crippen LogP contribution >= 0.6 is 12.2 Å². The normalized spacial score (nSPS) is 10.8. The Balaban J connectivity index is 1.60. The molecule has 1 amide bonds. The van der Waals surface area contributed by atoms with Gasteiger partial charge in [0.1, 0.15) is 0 Å². The average Bonchev–Trinajstić information content (AvgIpc) is 2.74. The van der Waals surface area contributed by atoms with Gasteiger partial charge in [-0.25, -0.2) is 23.1 Å². The summed E-state index contributed by atoms with van der Waals surface area (Å²) in [4.78, 5) is 20.0. The molecule has 1 aromatic heterocycles. The SMILES string of the molecule is CCc1ccc(C(=O)NC(=S)Nc2ccc(S(=O)(=O)Nc3ncccn3)cc2)cc1. The van der Waals surface area contributed by atoms with E-state index < -0.39 is 10.0 Å². The number of thiocarbonyl (C=S) groups is 1. The largest absolute Gasteiger partial charge is 0.332 e. The molecule has 0 radical (unpaired) electrons. The Morgan fingerprint density at radius 1 is 1.00 bits per heavy atom. The summed E-state index contributed by atoms with van der Waals surface area (Å²) in [7, 11) is -3.82. The summed E-state index contributed by atoms with van der Waals surface area (Å²) in [6.45, 7) is 2.04. The lowest BCUT2D eigenvalue weighted by atomic mass is 10.1. The molecule has 0 aliphatic carbocycles. The van der Waals surface area contributed by atoms with E-state index in [2.05, 4.69) is 25.3 Å². The van der Waals surface area contributed by atoms with Gasteiger partial charge in [0.05, 0.1) is 4.90 Å². The van der Waals surface area contributed by atoms with Gasteiger partial charge in [0, 0.05) is 23.6 Å². The Hall–Kier alpha value is -3.37. The third-order valence-electron chi connectivity index (χ3n) is 4.07. The Morgan fingerprint density at radius 2 is 1.63 bits per heavy atom. The number of hydrogen-bond acceptors (Lipinski definition) is 6. The molecule has 0 aliphatic rings. The topological polar surface area (TPSA) is 113 Å². The highest BCUT2D eigenvalue weighted by Crippen LogP contribution is 2.16. The third-order valence-corrected chi connectivity index (χ3v) is 5.61. The summed E-state index contributed by atoms with van der Waals surface area (Å²) in [5.74, 6) is -0.350. The van der Waals surface area contributed by atoms with Crippen molar-refractivity contribution in [3.05, 3.63) is 78.1 Å². The van der Waals surface area contributed by atoms with E-state index in [1.807, 2.05) is 19.1 Å². The van der Waals surface area contributed by atoms with Crippen molar-refractivity contribution in [3.8, 4) is 0 Å². The van der Waals surface area contributed by atoms with Gasteiger partial charge in [-0.05, 0) is 66.7 Å². The van der Waals surface area contributed by atoms with Crippen molar-refractivity contribution >= 4 is 44.9 Å². The quantitative estimate of drug-likeness (QED) is 0.504. The van der Waals surface area contributed by atoms with Gasteiger partial charge < -0.3 is 5.32 Å². The molecule has 0 aliphatic heterocycles. The summed E-state index contributed by atoms with van der Waals surface area (Å²) in [5.41, 5.74) is 2.15. The van der Waals surface area contributed by atoms with Gasteiger partial charge in [-0.2, -0.15) is 0 Å². The van der Waals surface area contributed by atoms with Crippen LogP contribution in [0.2, 0.25) is 0 Å². The number of amides is 1. The van der Waals surface area contributed by atoms with Crippen LogP contribution in [0.25, 0.3) is 0 Å². The fourth-order valence-corrected chi connectivity index (χ4v) is 3.65. The van der Waals surface area contributed by atoms with Crippen LogP contribution in [0.1, 0.15) is 22.8 Å². The fourth-order valence-electron chi connectivity index (χ4n) is 2.48. The molecule has 3 rings (SSSR count). The predicted molar refractivity (Wildman–Crippen MR) is 119 cm³/mol. The van der Waals surface area contributed by atoms with Crippen molar-refractivity contribution in [1.82, 2.24) is 15.3 Å². The van der Waals surface area contributed by atoms with Crippen LogP contribution in [0.3, 0.4) is 0 Å². The van der Waals surface area contributed by atoms with Crippen LogP contribution in [-0.4, -0.2) is 29.4 Å². The van der Waals surface area contributed by atoms with Crippen LogP contribution in [0.15, 0.2) is 71.9 Å². The molecule has 0 atom stereocenters. The summed E-state index contributed by atoms with van der Waals surface area (Å²) in [6.07, 6.45) is 3.76. The summed E-state index contributed by atoms with van der Waals surface area (Å²) in [6, 6.07) is 14.7. The highest BCUT2D eigenvalue weighted by molar-refractivity contribution is 7.92. The zero-order chi connectivity index (χ0) is 21.6. The highest BCUT2D eigenvalue weighted by Gasteiger charge is 2.15. The first-order valence-corrected chi connectivity index (χ1v) is 10.9. The number of carbonyl (C=O) groups excluding carboxylic acids is 1. The number of nitrogens with zero attached hydrogens (tertiary/aromatic N) is 2. The minimum Gasteiger partial charge on any atom is -0.332 e. The number of anilines is 2. The number of carbonyl (C=O) groups is 1. The molecule has 0 saturated heterocycles. The maximum Gasteiger partial charge on any atom is 0.264 e. The molecule has 3 aromatic rings. The third kappa shape index (κ3) is 5.58. The first kappa shape index (κ1) is 21.3. The Morgan fingerprint density at radius 3 is 2.23 bits per heavy atom. The van der Waals surface area contributed by atoms with Gasteiger partial charge in [-0.15, -0.1) is 0 Å². The second-order valence-electron chi connectivity index (χ2n) is 6.16.